The lowest BCUT2D eigenvalue weighted by molar-refractivity contribution is -0.403. The van der Waals surface area contributed by atoms with Crippen molar-refractivity contribution in [2.24, 2.45) is 11.8 Å². The molecule has 0 saturated heterocycles. The Morgan fingerprint density at radius 2 is 0.922 bits per heavy atom. The van der Waals surface area contributed by atoms with Gasteiger partial charge >= 0.3 is 24.4 Å². The summed E-state index contributed by atoms with van der Waals surface area (Å²) in [5.74, 6) is -2.18. The van der Waals surface area contributed by atoms with Crippen LogP contribution in [0.2, 0.25) is 0 Å². The number of anilines is 2. The maximum absolute atomic E-state index is 14.4. The molecule has 8 N–H and O–H groups in total. The van der Waals surface area contributed by atoms with Crippen LogP contribution in [0, 0.1) is 39.5 Å². The summed E-state index contributed by atoms with van der Waals surface area (Å²) < 4.78 is 48.1. The van der Waals surface area contributed by atoms with Crippen molar-refractivity contribution in [3.05, 3.63) is 212 Å². The highest BCUT2D eigenvalue weighted by Gasteiger charge is 2.41. The van der Waals surface area contributed by atoms with Crippen molar-refractivity contribution in [1.82, 2.24) is 16.0 Å². The highest BCUT2D eigenvalue weighted by molar-refractivity contribution is 5.99. The van der Waals surface area contributed by atoms with Gasteiger partial charge in [-0.15, -0.1) is 0 Å². The third-order valence-corrected chi connectivity index (χ3v) is 18.7. The first-order chi connectivity index (χ1) is 48.6. The number of carboxylic acids is 1. The third-order valence-electron chi connectivity index (χ3n) is 18.7. The fraction of sp³-hybridized carbons (Fsp3) is 0.378. The van der Waals surface area contributed by atoms with E-state index in [1.807, 2.05) is 55.7 Å². The van der Waals surface area contributed by atoms with Gasteiger partial charge in [-0.2, -0.15) is 13.2 Å². The predicted octanol–water partition coefficient (Wildman–Crippen LogP) is 14.3. The van der Waals surface area contributed by atoms with Gasteiger partial charge in [0.25, 0.3) is 5.91 Å². The van der Waals surface area contributed by atoms with Crippen molar-refractivity contribution in [2.45, 2.75) is 175 Å². The second-order valence-electron chi connectivity index (χ2n) is 29.5. The number of amides is 5. The Hall–Kier alpha value is -10.3. The van der Waals surface area contributed by atoms with Crippen LogP contribution in [0.25, 0.3) is 21.5 Å². The van der Waals surface area contributed by atoms with Gasteiger partial charge < -0.3 is 55.9 Å². The van der Waals surface area contributed by atoms with E-state index in [2.05, 4.69) is 125 Å². The molecule has 103 heavy (non-hydrogen) atoms. The van der Waals surface area contributed by atoms with Crippen molar-refractivity contribution in [3.8, 4) is 11.5 Å². The molecule has 5 amide bonds. The lowest BCUT2D eigenvalue weighted by atomic mass is 9.91. The van der Waals surface area contributed by atoms with Gasteiger partial charge in [-0.25, -0.2) is 14.4 Å². The molecule has 0 spiro atoms. The summed E-state index contributed by atoms with van der Waals surface area (Å²) in [4.78, 5) is 92.7. The highest BCUT2D eigenvalue weighted by Crippen LogP contribution is 2.42. The number of benzene rings is 8. The number of aliphatic carboxylic acids is 1. The van der Waals surface area contributed by atoms with Crippen LogP contribution in [0.3, 0.4) is 0 Å². The number of alkyl carbamates (subject to hydrolysis) is 1. The van der Waals surface area contributed by atoms with Gasteiger partial charge in [0.15, 0.2) is 6.04 Å². The number of aromatic hydroxyl groups is 1. The van der Waals surface area contributed by atoms with Crippen LogP contribution < -0.4 is 36.2 Å². The highest BCUT2D eigenvalue weighted by atomic mass is 19.4. The number of hydrogen-bond donors (Lipinski definition) is 6. The largest absolute Gasteiger partial charge is 0.514 e. The van der Waals surface area contributed by atoms with Gasteiger partial charge in [-0.1, -0.05) is 109 Å². The number of rotatable bonds is 16. The number of quaternary nitrogens is 1. The Labute approximate surface area is 598 Å². The number of carbonyl (C=O) groups excluding carboxylic acids is 6. The van der Waals surface area contributed by atoms with E-state index in [0.29, 0.717) is 44.5 Å². The van der Waals surface area contributed by atoms with Crippen molar-refractivity contribution in [3.63, 3.8) is 0 Å². The molecule has 2 aliphatic carbocycles. The van der Waals surface area contributed by atoms with Crippen molar-refractivity contribution >= 4 is 74.8 Å². The molecule has 0 bridgehead atoms. The summed E-state index contributed by atoms with van der Waals surface area (Å²) in [5, 5.41) is 31.2. The van der Waals surface area contributed by atoms with E-state index < -0.39 is 53.7 Å². The molecule has 2 aliphatic heterocycles. The summed E-state index contributed by atoms with van der Waals surface area (Å²) in [5.41, 5.74) is 16.2. The molecule has 12 rings (SSSR count). The van der Waals surface area contributed by atoms with Crippen molar-refractivity contribution in [2.75, 3.05) is 22.9 Å². The second kappa shape index (κ2) is 31.5. The fourth-order valence-electron chi connectivity index (χ4n) is 13.3. The quantitative estimate of drug-likeness (QED) is 0.0390. The summed E-state index contributed by atoms with van der Waals surface area (Å²) >= 11 is 0. The van der Waals surface area contributed by atoms with E-state index >= 15 is 0 Å². The number of fused-ring (bicyclic) bond motifs is 4. The Kier molecular flexibility index (Phi) is 23.1. The molecular weight excluding hydrogens is 1320 g/mol. The Bertz CT molecular complexity index is 4490. The molecular formula is C82H92F3N6O12+. The molecule has 8 aromatic rings. The Morgan fingerprint density at radius 3 is 1.35 bits per heavy atom. The lowest BCUT2D eigenvalue weighted by Crippen LogP contribution is -2.68. The second-order valence-corrected chi connectivity index (χ2v) is 29.5. The molecule has 21 heteroatoms. The Morgan fingerprint density at radius 1 is 0.524 bits per heavy atom. The van der Waals surface area contributed by atoms with Crippen molar-refractivity contribution in [1.29, 1.82) is 0 Å². The molecule has 542 valence electrons. The van der Waals surface area contributed by atoms with E-state index in [1.165, 1.54) is 27.1 Å². The molecule has 0 unspecified atom stereocenters. The first-order valence-corrected chi connectivity index (χ1v) is 35.0. The van der Waals surface area contributed by atoms with Crippen LogP contribution in [0.1, 0.15) is 159 Å². The zero-order valence-corrected chi connectivity index (χ0v) is 60.0. The third kappa shape index (κ3) is 20.1. The number of phenols is 1. The standard InChI is InChI=1S/C45H53N3O7.C35H37N3O3.C2HF3O2/c1-27-21-34(53-43(52)55-45(6,7)8)22-28(2)35(27)26-38(47-42(51)54-44(3,4)5)40(49)46-37-19-20-48(41(50)32-16-17-32)39-18-14-30(25-36(37)39)23-29-13-15-31-11-9-10-12-33(31)24-29;1-21-15-28(39)16-22(2)29(21)20-31(36)34(40)37-32-13-14-38(35(41)26-10-11-26)33-12-8-24(19-30(32)33)17-23-7-9-25-5-3-4-6-27(25)18-23;3-2(4,5)1(6)7/h9-15,18,21-22,24-25,32,37-38H,16-17,19-20,23,26H2,1-8H3,(H,46,49)(H,47,51);3-9,12,15-16,18-19,26,31-32,39H,10-11,13-14,17,20,36H2,1-2H3,(H,37,40);(H,6,7)/p+1/t37-,38+;31-,32+;/m10./s1. The van der Waals surface area contributed by atoms with E-state index in [4.69, 9.17) is 24.1 Å². The van der Waals surface area contributed by atoms with Crippen LogP contribution in [-0.4, -0.2) is 94.6 Å². The topological polar surface area (TPSA) is 258 Å². The van der Waals surface area contributed by atoms with E-state index in [0.717, 1.165) is 105 Å². The average Bonchev–Trinajstić information content (AvgIpc) is 1.73. The number of aryl methyl sites for hydroxylation is 4. The molecule has 0 aromatic heterocycles. The van der Waals surface area contributed by atoms with Gasteiger partial charge in [0.05, 0.1) is 12.1 Å². The lowest BCUT2D eigenvalue weighted by Gasteiger charge is -2.36. The predicted molar refractivity (Wildman–Crippen MR) is 389 cm³/mol. The minimum Gasteiger partial charge on any atom is -0.508 e. The van der Waals surface area contributed by atoms with Gasteiger partial charge in [0.1, 0.15) is 28.7 Å². The van der Waals surface area contributed by atoms with Crippen LogP contribution >= 0.6 is 0 Å². The number of carboxylic acid groups (broad SMARTS) is 1. The molecule has 4 atom stereocenters. The molecule has 0 radical (unpaired) electrons. The number of nitrogens with zero attached hydrogens (tertiary/aromatic N) is 2. The number of halogens is 3. The first kappa shape index (κ1) is 75.4. The maximum Gasteiger partial charge on any atom is 0.514 e. The molecule has 18 nitrogen and oxygen atoms in total. The SMILES string of the molecule is Cc1cc(O)cc(C)c1C[C@H]([NH3+])C(=O)N[C@@H]1CCN(C(=O)C2CC2)c2ccc(Cc3ccc4ccccc4c3)cc21.Cc1cc(OC(=O)OC(C)(C)C)cc(C)c1C[C@H](NC(=O)OC(C)(C)C)C(=O)N[C@@H]1CCN(C(=O)C2CC2)c2ccc(Cc3ccc4ccccc4c3)cc21.O=C(O)C(F)(F)F. The summed E-state index contributed by atoms with van der Waals surface area (Å²) in [6.07, 6.45) is 0.410. The van der Waals surface area contributed by atoms with E-state index in [9.17, 15) is 47.0 Å². The normalized spacial score (nSPS) is 16.3. The van der Waals surface area contributed by atoms with Crippen LogP contribution in [-0.2, 0) is 59.1 Å². The van der Waals surface area contributed by atoms with Crippen LogP contribution in [0.5, 0.6) is 11.5 Å². The average molecular weight is 1410 g/mol. The number of alkyl halides is 3. The zero-order chi connectivity index (χ0) is 74.4. The smallest absolute Gasteiger partial charge is 0.508 e. The number of phenolic OH excluding ortho intramolecular Hbond substituents is 1. The van der Waals surface area contributed by atoms with Gasteiger partial charge in [-0.05, 0) is 245 Å². The number of carbonyl (C=O) groups is 7. The summed E-state index contributed by atoms with van der Waals surface area (Å²) in [6.45, 7) is 19.3. The number of ether oxygens (including phenoxy) is 3. The minimum atomic E-state index is -5.08. The van der Waals surface area contributed by atoms with E-state index in [1.54, 1.807) is 65.8 Å². The summed E-state index contributed by atoms with van der Waals surface area (Å²) in [7, 11) is 0. The van der Waals surface area contributed by atoms with Gasteiger partial charge in [0.2, 0.25) is 17.7 Å². The minimum absolute atomic E-state index is 0.0473. The molecule has 4 aliphatic rings. The van der Waals surface area contributed by atoms with Crippen LogP contribution in [0.15, 0.2) is 146 Å². The first-order valence-electron chi connectivity index (χ1n) is 35.0. The molecule has 2 heterocycles. The zero-order valence-electron chi connectivity index (χ0n) is 60.0. The van der Waals surface area contributed by atoms with Crippen molar-refractivity contribution < 1.29 is 76.9 Å². The molecule has 2 saturated carbocycles. The maximum atomic E-state index is 14.4. The number of nitrogens with one attached hydrogen (secondary N) is 3. The fourth-order valence-corrected chi connectivity index (χ4v) is 13.3. The monoisotopic (exact) mass is 1410 g/mol. The van der Waals surface area contributed by atoms with Gasteiger partial charge in [0, 0.05) is 49.1 Å². The molecule has 2 fully saturated rings. The van der Waals surface area contributed by atoms with E-state index in [-0.39, 0.29) is 53.7 Å². The van der Waals surface area contributed by atoms with Gasteiger partial charge in [-0.3, -0.25) is 19.2 Å². The summed E-state index contributed by atoms with van der Waals surface area (Å²) in [6, 6.07) is 47.0. The number of hydrogen-bond acceptors (Lipinski definition) is 11. The van der Waals surface area contributed by atoms with Crippen LogP contribution in [0.4, 0.5) is 34.1 Å². The molecule has 8 aromatic carbocycles. The Balaban J connectivity index is 0.000000209.